The molecule has 222 valence electrons. The molecule has 3 fully saturated rings. The van der Waals surface area contributed by atoms with Gasteiger partial charge in [0.25, 0.3) is 0 Å². The minimum absolute atomic E-state index is 0.0267. The van der Waals surface area contributed by atoms with Crippen LogP contribution in [0.25, 0.3) is 22.4 Å². The van der Waals surface area contributed by atoms with E-state index in [9.17, 15) is 9.90 Å². The largest absolute Gasteiger partial charge is 0.488 e. The van der Waals surface area contributed by atoms with E-state index in [0.717, 1.165) is 68.2 Å². The molecule has 4 atom stereocenters. The van der Waals surface area contributed by atoms with Crippen molar-refractivity contribution in [3.63, 3.8) is 0 Å². The number of piperidine rings is 1. The standard InChI is InChI=1S/C30H36N6O6/c1-39-18-42-26-12-19(20-16-31-35(17-20)28-4-2-3-10-41-28)5-8-24(26)25-15-27-29(33-32-25)34(9-11-40-27)23-13-21-6-7-22(14-23)36(21)30(37)38/h5,8,12,15-17,21-23,28H,2-4,6-7,9-11,13-14,18H2,1H3,(H,37,38)/t21-,22+,23?,28?. The van der Waals surface area contributed by atoms with Crippen LogP contribution >= 0.6 is 0 Å². The molecule has 7 rings (SSSR count). The van der Waals surface area contributed by atoms with Gasteiger partial charge in [-0.1, -0.05) is 6.07 Å². The lowest BCUT2D eigenvalue weighted by Crippen LogP contribution is -2.53. The minimum atomic E-state index is -0.808. The third kappa shape index (κ3) is 5.02. The molecule has 3 saturated heterocycles. The fourth-order valence-electron chi connectivity index (χ4n) is 6.97. The summed E-state index contributed by atoms with van der Waals surface area (Å²) in [6.45, 7) is 2.09. The maximum Gasteiger partial charge on any atom is 0.407 e. The van der Waals surface area contributed by atoms with E-state index in [2.05, 4.69) is 20.2 Å². The number of aromatic nitrogens is 4. The van der Waals surface area contributed by atoms with Crippen molar-refractivity contribution in [2.75, 3.05) is 38.6 Å². The van der Waals surface area contributed by atoms with Gasteiger partial charge in [-0.3, -0.25) is 0 Å². The zero-order valence-corrected chi connectivity index (χ0v) is 23.7. The predicted octanol–water partition coefficient (Wildman–Crippen LogP) is 4.56. The highest BCUT2D eigenvalue weighted by atomic mass is 16.7. The molecule has 0 aliphatic carbocycles. The van der Waals surface area contributed by atoms with Gasteiger partial charge in [0, 0.05) is 55.2 Å². The SMILES string of the molecule is COCOc1cc(-c2cnn(C3CCCCO3)c2)ccc1-c1cc2c(nn1)N(C1C[C@H]3CC[C@@H](C1)N3C(=O)O)CCO2. The topological polar surface area (TPSA) is 124 Å². The minimum Gasteiger partial charge on any atom is -0.488 e. The van der Waals surface area contributed by atoms with Crippen LogP contribution in [-0.2, 0) is 9.47 Å². The molecule has 4 aliphatic rings. The summed E-state index contributed by atoms with van der Waals surface area (Å²) in [4.78, 5) is 15.7. The summed E-state index contributed by atoms with van der Waals surface area (Å²) in [5, 5.41) is 23.5. The van der Waals surface area contributed by atoms with Crippen LogP contribution in [0.1, 0.15) is 51.2 Å². The summed E-state index contributed by atoms with van der Waals surface area (Å²) in [7, 11) is 1.59. The van der Waals surface area contributed by atoms with Gasteiger partial charge in [0.15, 0.2) is 18.4 Å². The molecule has 12 heteroatoms. The van der Waals surface area contributed by atoms with Crippen LogP contribution in [0.15, 0.2) is 36.7 Å². The Labute approximate surface area is 244 Å². The van der Waals surface area contributed by atoms with Crippen molar-refractivity contribution in [2.24, 2.45) is 0 Å². The van der Waals surface area contributed by atoms with Gasteiger partial charge in [-0.25, -0.2) is 9.48 Å². The zero-order chi connectivity index (χ0) is 28.6. The molecular weight excluding hydrogens is 540 g/mol. The van der Waals surface area contributed by atoms with Gasteiger partial charge in [-0.15, -0.1) is 10.2 Å². The van der Waals surface area contributed by atoms with Crippen LogP contribution in [0.5, 0.6) is 11.5 Å². The zero-order valence-electron chi connectivity index (χ0n) is 23.7. The number of carboxylic acid groups (broad SMARTS) is 1. The molecule has 0 spiro atoms. The number of methoxy groups -OCH3 is 1. The van der Waals surface area contributed by atoms with Crippen molar-refractivity contribution in [2.45, 2.75) is 69.3 Å². The van der Waals surface area contributed by atoms with Crippen LogP contribution in [0.2, 0.25) is 0 Å². The second-order valence-corrected chi connectivity index (χ2v) is 11.5. The summed E-state index contributed by atoms with van der Waals surface area (Å²) in [6.07, 6.45) is 9.65. The van der Waals surface area contributed by atoms with Gasteiger partial charge in [-0.05, 0) is 62.6 Å². The summed E-state index contributed by atoms with van der Waals surface area (Å²) >= 11 is 0. The first-order valence-corrected chi connectivity index (χ1v) is 14.8. The highest BCUT2D eigenvalue weighted by Gasteiger charge is 2.46. The lowest BCUT2D eigenvalue weighted by molar-refractivity contribution is -0.0394. The molecule has 1 amide bonds. The van der Waals surface area contributed by atoms with Crippen molar-refractivity contribution in [3.05, 3.63) is 36.7 Å². The first kappa shape index (κ1) is 27.0. The van der Waals surface area contributed by atoms with E-state index in [-0.39, 0.29) is 31.1 Å². The first-order valence-electron chi connectivity index (χ1n) is 14.8. The van der Waals surface area contributed by atoms with E-state index >= 15 is 0 Å². The molecular formula is C30H36N6O6. The molecule has 2 unspecified atom stereocenters. The highest BCUT2D eigenvalue weighted by Crippen LogP contribution is 2.42. The molecule has 12 nitrogen and oxygen atoms in total. The van der Waals surface area contributed by atoms with Gasteiger partial charge in [0.1, 0.15) is 24.3 Å². The fraction of sp³-hybridized carbons (Fsp3) is 0.533. The second kappa shape index (κ2) is 11.4. The lowest BCUT2D eigenvalue weighted by Gasteiger charge is -2.43. The van der Waals surface area contributed by atoms with Crippen molar-refractivity contribution in [3.8, 4) is 33.9 Å². The van der Waals surface area contributed by atoms with Crippen LogP contribution < -0.4 is 14.4 Å². The molecule has 0 radical (unpaired) electrons. The Hall–Kier alpha value is -3.90. The van der Waals surface area contributed by atoms with Crippen LogP contribution in [0.3, 0.4) is 0 Å². The van der Waals surface area contributed by atoms with E-state index in [0.29, 0.717) is 36.2 Å². The number of anilines is 1. The van der Waals surface area contributed by atoms with Gasteiger partial charge in [0.2, 0.25) is 0 Å². The van der Waals surface area contributed by atoms with E-state index in [4.69, 9.17) is 18.9 Å². The summed E-state index contributed by atoms with van der Waals surface area (Å²) in [5.74, 6) is 2.01. The number of carbonyl (C=O) groups is 1. The normalized spacial score (nSPS) is 25.2. The third-order valence-corrected chi connectivity index (χ3v) is 8.95. The van der Waals surface area contributed by atoms with Crippen molar-refractivity contribution in [1.29, 1.82) is 0 Å². The Balaban J connectivity index is 1.15. The van der Waals surface area contributed by atoms with E-state index in [1.54, 1.807) is 12.0 Å². The molecule has 1 aromatic carbocycles. The molecule has 4 aliphatic heterocycles. The number of ether oxygens (including phenoxy) is 4. The highest BCUT2D eigenvalue weighted by molar-refractivity contribution is 5.76. The monoisotopic (exact) mass is 576 g/mol. The quantitative estimate of drug-likeness (QED) is 0.400. The van der Waals surface area contributed by atoms with Gasteiger partial charge in [0.05, 0.1) is 12.7 Å². The Morgan fingerprint density at radius 2 is 1.90 bits per heavy atom. The smallest absolute Gasteiger partial charge is 0.407 e. The molecule has 42 heavy (non-hydrogen) atoms. The average molecular weight is 577 g/mol. The Morgan fingerprint density at radius 3 is 2.67 bits per heavy atom. The first-order chi connectivity index (χ1) is 20.6. The average Bonchev–Trinajstić information content (AvgIpc) is 3.62. The summed E-state index contributed by atoms with van der Waals surface area (Å²) < 4.78 is 25.1. The predicted molar refractivity (Wildman–Crippen MR) is 153 cm³/mol. The molecule has 3 aromatic rings. The van der Waals surface area contributed by atoms with E-state index in [1.165, 1.54) is 0 Å². The number of rotatable bonds is 7. The number of nitrogens with zero attached hydrogens (tertiary/aromatic N) is 6. The van der Waals surface area contributed by atoms with Crippen molar-refractivity contribution in [1.82, 2.24) is 24.9 Å². The molecule has 0 saturated carbocycles. The molecule has 2 bridgehead atoms. The van der Waals surface area contributed by atoms with Gasteiger partial charge < -0.3 is 33.9 Å². The summed E-state index contributed by atoms with van der Waals surface area (Å²) in [5.41, 5.74) is 3.35. The molecule has 2 aromatic heterocycles. The van der Waals surface area contributed by atoms with Gasteiger partial charge >= 0.3 is 6.09 Å². The lowest BCUT2D eigenvalue weighted by atomic mass is 9.96. The summed E-state index contributed by atoms with van der Waals surface area (Å²) in [6, 6.07) is 8.22. The van der Waals surface area contributed by atoms with Crippen LogP contribution in [0, 0.1) is 0 Å². The van der Waals surface area contributed by atoms with Crippen molar-refractivity contribution >= 4 is 11.9 Å². The maximum absolute atomic E-state index is 11.8. The maximum atomic E-state index is 11.8. The Bertz CT molecular complexity index is 1430. The van der Waals surface area contributed by atoms with Crippen LogP contribution in [0.4, 0.5) is 10.6 Å². The second-order valence-electron chi connectivity index (χ2n) is 11.5. The number of hydrogen-bond acceptors (Lipinski definition) is 9. The fourth-order valence-corrected chi connectivity index (χ4v) is 6.97. The Kier molecular flexibility index (Phi) is 7.32. The molecule has 6 heterocycles. The van der Waals surface area contributed by atoms with Gasteiger partial charge in [-0.2, -0.15) is 5.10 Å². The number of benzene rings is 1. The third-order valence-electron chi connectivity index (χ3n) is 8.95. The van der Waals surface area contributed by atoms with E-state index in [1.807, 2.05) is 41.3 Å². The van der Waals surface area contributed by atoms with Crippen LogP contribution in [-0.4, -0.2) is 87.9 Å². The van der Waals surface area contributed by atoms with Crippen molar-refractivity contribution < 1.29 is 28.8 Å². The Morgan fingerprint density at radius 1 is 1.05 bits per heavy atom. The molecule has 1 N–H and O–H groups in total. The number of hydrogen-bond donors (Lipinski definition) is 1. The van der Waals surface area contributed by atoms with E-state index < -0.39 is 6.09 Å². The number of fused-ring (bicyclic) bond motifs is 3. The number of amides is 1.